The Bertz CT molecular complexity index is 1650. The van der Waals surface area contributed by atoms with Crippen molar-refractivity contribution in [2.45, 2.75) is 5.60 Å². The summed E-state index contributed by atoms with van der Waals surface area (Å²) in [5.74, 6) is 0.525. The number of rotatable bonds is 2. The van der Waals surface area contributed by atoms with E-state index in [-0.39, 0.29) is 5.91 Å². The van der Waals surface area contributed by atoms with E-state index in [1.54, 1.807) is 0 Å². The van der Waals surface area contributed by atoms with Crippen molar-refractivity contribution in [1.29, 1.82) is 0 Å². The molecule has 5 aromatic rings. The third-order valence-electron chi connectivity index (χ3n) is 6.99. The highest BCUT2D eigenvalue weighted by atomic mass is 16.5. The third-order valence-corrected chi connectivity index (χ3v) is 6.99. The number of nitrogens with one attached hydrogen (secondary N) is 1. The number of carbonyl (C=O) groups excluding carboxylic acids is 1. The largest absolute Gasteiger partial charge is 0.468 e. The van der Waals surface area contributed by atoms with Gasteiger partial charge in [-0.1, -0.05) is 103 Å². The topological polar surface area (TPSA) is 38.3 Å². The van der Waals surface area contributed by atoms with Gasteiger partial charge in [-0.2, -0.15) is 0 Å². The highest BCUT2D eigenvalue weighted by molar-refractivity contribution is 6.15. The normalized spacial score (nSPS) is 17.9. The first-order chi connectivity index (χ1) is 17.2. The number of amides is 1. The number of anilines is 1. The Labute approximate surface area is 203 Å². The smallest absolute Gasteiger partial charge is 0.277 e. The molecule has 0 radical (unpaired) electrons. The van der Waals surface area contributed by atoms with E-state index in [2.05, 4.69) is 53.8 Å². The van der Waals surface area contributed by atoms with Crippen molar-refractivity contribution in [2.24, 2.45) is 0 Å². The van der Waals surface area contributed by atoms with Gasteiger partial charge in [0, 0.05) is 16.5 Å². The minimum atomic E-state index is -1.23. The highest BCUT2D eigenvalue weighted by Crippen LogP contribution is 2.50. The molecule has 0 aromatic heterocycles. The molecule has 7 rings (SSSR count). The molecule has 0 fully saturated rings. The second-order valence-corrected chi connectivity index (χ2v) is 9.00. The summed E-state index contributed by atoms with van der Waals surface area (Å²) in [6, 6.07) is 38.9. The van der Waals surface area contributed by atoms with Gasteiger partial charge in [-0.05, 0) is 45.9 Å². The van der Waals surface area contributed by atoms with E-state index in [4.69, 9.17) is 4.74 Å². The molecular formula is C32H21NO2. The lowest BCUT2D eigenvalue weighted by atomic mass is 9.83. The summed E-state index contributed by atoms with van der Waals surface area (Å²) in [5, 5.41) is 5.23. The number of hydrogen-bond acceptors (Lipinski definition) is 2. The fourth-order valence-electron chi connectivity index (χ4n) is 5.27. The quantitative estimate of drug-likeness (QED) is 0.309. The minimum Gasteiger partial charge on any atom is -0.468 e. The summed E-state index contributed by atoms with van der Waals surface area (Å²) in [7, 11) is 0. The van der Waals surface area contributed by atoms with Crippen LogP contribution in [0.25, 0.3) is 27.5 Å². The van der Waals surface area contributed by atoms with E-state index in [0.717, 1.165) is 49.9 Å². The van der Waals surface area contributed by atoms with Crippen LogP contribution in [0.4, 0.5) is 5.69 Å². The van der Waals surface area contributed by atoms with Gasteiger partial charge in [0.15, 0.2) is 0 Å². The van der Waals surface area contributed by atoms with E-state index >= 15 is 0 Å². The highest BCUT2D eigenvalue weighted by Gasteiger charge is 2.51. The molecule has 5 aromatic carbocycles. The molecule has 0 saturated carbocycles. The summed E-state index contributed by atoms with van der Waals surface area (Å²) in [4.78, 5) is 13.6. The maximum Gasteiger partial charge on any atom is 0.277 e. The van der Waals surface area contributed by atoms with Gasteiger partial charge < -0.3 is 10.1 Å². The number of ether oxygens (including phenoxy) is 1. The molecule has 3 nitrogen and oxygen atoms in total. The monoisotopic (exact) mass is 451 g/mol. The van der Waals surface area contributed by atoms with Crippen LogP contribution in [-0.2, 0) is 10.4 Å². The SMILES string of the molecule is O=C1Nc2c(ccc3ccccc23)C12C=C(c1ccccc1)c1cc(-c3ccccc3)ccc1O2. The van der Waals surface area contributed by atoms with Gasteiger partial charge in [-0.25, -0.2) is 0 Å². The lowest BCUT2D eigenvalue weighted by molar-refractivity contribution is -0.127. The molecule has 35 heavy (non-hydrogen) atoms. The molecular weight excluding hydrogens is 430 g/mol. The summed E-state index contributed by atoms with van der Waals surface area (Å²) in [6.07, 6.45) is 2.00. The maximum atomic E-state index is 13.6. The Morgan fingerprint density at radius 1 is 0.657 bits per heavy atom. The minimum absolute atomic E-state index is 0.171. The Kier molecular flexibility index (Phi) is 4.21. The molecule has 2 aliphatic heterocycles. The average Bonchev–Trinajstić information content (AvgIpc) is 3.19. The van der Waals surface area contributed by atoms with Crippen LogP contribution < -0.4 is 10.1 Å². The van der Waals surface area contributed by atoms with Crippen molar-refractivity contribution in [3.05, 3.63) is 138 Å². The Morgan fingerprint density at radius 3 is 2.17 bits per heavy atom. The summed E-state index contributed by atoms with van der Waals surface area (Å²) in [6.45, 7) is 0. The summed E-state index contributed by atoms with van der Waals surface area (Å²) >= 11 is 0. The van der Waals surface area contributed by atoms with Crippen molar-refractivity contribution in [1.82, 2.24) is 0 Å². The predicted molar refractivity (Wildman–Crippen MR) is 140 cm³/mol. The Hall–Kier alpha value is -4.63. The van der Waals surface area contributed by atoms with Crippen LogP contribution in [-0.4, -0.2) is 5.91 Å². The number of carbonyl (C=O) groups is 1. The standard InChI is InChI=1S/C32H21NO2/c34-31-32(28-17-15-23-13-7-8-14-25(23)30(28)33-31)20-27(22-11-5-2-6-12-22)26-19-24(16-18-29(26)35-32)21-9-3-1-4-10-21/h1-20H,(H,33,34). The zero-order valence-corrected chi connectivity index (χ0v) is 18.9. The Balaban J connectivity index is 1.48. The second kappa shape index (κ2) is 7.44. The van der Waals surface area contributed by atoms with Crippen LogP contribution in [0.5, 0.6) is 5.75 Å². The maximum absolute atomic E-state index is 13.6. The molecule has 3 heteroatoms. The van der Waals surface area contributed by atoms with Crippen molar-refractivity contribution >= 4 is 27.9 Å². The predicted octanol–water partition coefficient (Wildman–Crippen LogP) is 7.18. The van der Waals surface area contributed by atoms with Crippen LogP contribution in [0.15, 0.2) is 121 Å². The molecule has 166 valence electrons. The molecule has 1 unspecified atom stereocenters. The molecule has 2 heterocycles. The van der Waals surface area contributed by atoms with E-state index in [0.29, 0.717) is 5.75 Å². The van der Waals surface area contributed by atoms with Gasteiger partial charge >= 0.3 is 0 Å². The summed E-state index contributed by atoms with van der Waals surface area (Å²) < 4.78 is 6.62. The van der Waals surface area contributed by atoms with E-state index in [9.17, 15) is 4.79 Å². The van der Waals surface area contributed by atoms with Crippen LogP contribution in [0.3, 0.4) is 0 Å². The number of hydrogen-bond donors (Lipinski definition) is 1. The van der Waals surface area contributed by atoms with Gasteiger partial charge in [0.2, 0.25) is 5.60 Å². The third kappa shape index (κ3) is 2.95. The van der Waals surface area contributed by atoms with Crippen molar-refractivity contribution in [2.75, 3.05) is 5.32 Å². The first-order valence-corrected chi connectivity index (χ1v) is 11.7. The summed E-state index contributed by atoms with van der Waals surface area (Å²) in [5.41, 5.74) is 5.68. The average molecular weight is 452 g/mol. The molecule has 1 amide bonds. The first-order valence-electron chi connectivity index (χ1n) is 11.7. The molecule has 1 spiro atoms. The van der Waals surface area contributed by atoms with Crippen LogP contribution in [0.2, 0.25) is 0 Å². The van der Waals surface area contributed by atoms with Gasteiger partial charge in [0.25, 0.3) is 5.91 Å². The van der Waals surface area contributed by atoms with Crippen molar-refractivity contribution < 1.29 is 9.53 Å². The number of fused-ring (bicyclic) bond motifs is 5. The molecule has 2 aliphatic rings. The van der Waals surface area contributed by atoms with Gasteiger partial charge in [-0.15, -0.1) is 0 Å². The fraction of sp³-hybridized carbons (Fsp3) is 0.0312. The van der Waals surface area contributed by atoms with Crippen molar-refractivity contribution in [3.8, 4) is 16.9 Å². The van der Waals surface area contributed by atoms with Crippen LogP contribution in [0, 0.1) is 0 Å². The molecule has 1 N–H and O–H groups in total. The Morgan fingerprint density at radius 2 is 1.37 bits per heavy atom. The molecule has 1 atom stereocenters. The van der Waals surface area contributed by atoms with Crippen LogP contribution >= 0.6 is 0 Å². The lowest BCUT2D eigenvalue weighted by Crippen LogP contribution is -2.40. The van der Waals surface area contributed by atoms with Gasteiger partial charge in [0.1, 0.15) is 5.75 Å². The van der Waals surface area contributed by atoms with E-state index < -0.39 is 5.60 Å². The fourth-order valence-corrected chi connectivity index (χ4v) is 5.27. The van der Waals surface area contributed by atoms with Gasteiger partial charge in [-0.3, -0.25) is 4.79 Å². The molecule has 0 bridgehead atoms. The van der Waals surface area contributed by atoms with Gasteiger partial charge in [0.05, 0.1) is 5.69 Å². The van der Waals surface area contributed by atoms with Crippen LogP contribution in [0.1, 0.15) is 16.7 Å². The van der Waals surface area contributed by atoms with Crippen molar-refractivity contribution in [3.63, 3.8) is 0 Å². The lowest BCUT2D eigenvalue weighted by Gasteiger charge is -2.33. The zero-order chi connectivity index (χ0) is 23.4. The van der Waals surface area contributed by atoms with E-state index in [1.165, 1.54) is 0 Å². The molecule has 0 aliphatic carbocycles. The van der Waals surface area contributed by atoms with E-state index in [1.807, 2.05) is 72.8 Å². The second-order valence-electron chi connectivity index (χ2n) is 9.00. The zero-order valence-electron chi connectivity index (χ0n) is 18.9. The number of benzene rings is 5. The molecule has 0 saturated heterocycles. The first kappa shape index (κ1) is 19.8.